The molecule has 0 aromatic rings. The first-order valence-electron chi connectivity index (χ1n) is 8.84. The van der Waals surface area contributed by atoms with Crippen molar-refractivity contribution in [1.29, 1.82) is 0 Å². The molecule has 1 aliphatic heterocycles. The summed E-state index contributed by atoms with van der Waals surface area (Å²) in [5.74, 6) is 0.805. The van der Waals surface area contributed by atoms with E-state index in [-0.39, 0.29) is 0 Å². The topological polar surface area (TPSA) is 20.3 Å². The Kier molecular flexibility index (Phi) is 3.24. The van der Waals surface area contributed by atoms with Crippen LogP contribution in [-0.2, 0) is 4.79 Å². The Balaban J connectivity index is 1.57. The van der Waals surface area contributed by atoms with Crippen molar-refractivity contribution in [2.24, 2.45) is 16.7 Å². The smallest absolute Gasteiger partial charge is 0.225 e. The van der Waals surface area contributed by atoms with Crippen LogP contribution >= 0.6 is 0 Å². The summed E-state index contributed by atoms with van der Waals surface area (Å²) in [6.45, 7) is 2.02. The molecule has 0 N–H and O–H groups in total. The summed E-state index contributed by atoms with van der Waals surface area (Å²) in [5, 5.41) is 0. The lowest BCUT2D eigenvalue weighted by molar-refractivity contribution is -0.136. The first-order valence-corrected chi connectivity index (χ1v) is 8.84. The maximum absolute atomic E-state index is 13.0. The van der Waals surface area contributed by atoms with Gasteiger partial charge in [0.2, 0.25) is 5.91 Å². The van der Waals surface area contributed by atoms with Crippen LogP contribution in [-0.4, -0.2) is 23.9 Å². The quantitative estimate of drug-likeness (QED) is 0.665. The average Bonchev–Trinajstić information content (AvgIpc) is 2.91. The second-order valence-electron chi connectivity index (χ2n) is 7.85. The van der Waals surface area contributed by atoms with Gasteiger partial charge in [-0.25, -0.2) is 0 Å². The molecule has 0 bridgehead atoms. The van der Waals surface area contributed by atoms with E-state index in [1.165, 1.54) is 44.9 Å². The molecule has 3 aliphatic carbocycles. The zero-order valence-electron chi connectivity index (χ0n) is 13.0. The Labute approximate surface area is 128 Å². The molecule has 1 saturated carbocycles. The number of amides is 1. The molecule has 0 atom stereocenters. The average molecular weight is 285 g/mol. The van der Waals surface area contributed by atoms with Gasteiger partial charge in [-0.05, 0) is 38.5 Å². The van der Waals surface area contributed by atoms with Crippen LogP contribution in [0, 0.1) is 16.7 Å². The summed E-state index contributed by atoms with van der Waals surface area (Å²) in [5.41, 5.74) is 0.696. The molecule has 4 aliphatic rings. The number of hydrogen-bond donors (Lipinski definition) is 0. The van der Waals surface area contributed by atoms with Gasteiger partial charge in [-0.1, -0.05) is 43.6 Å². The monoisotopic (exact) mass is 285 g/mol. The highest BCUT2D eigenvalue weighted by Crippen LogP contribution is 2.60. The van der Waals surface area contributed by atoms with Gasteiger partial charge in [-0.2, -0.15) is 0 Å². The molecule has 2 heteroatoms. The summed E-state index contributed by atoms with van der Waals surface area (Å²) in [7, 11) is 0. The van der Waals surface area contributed by atoms with E-state index >= 15 is 0 Å². The first kappa shape index (κ1) is 13.6. The van der Waals surface area contributed by atoms with Gasteiger partial charge in [-0.15, -0.1) is 0 Å². The van der Waals surface area contributed by atoms with E-state index in [1.54, 1.807) is 0 Å². The fraction of sp³-hybridized carbons (Fsp3) is 0.737. The van der Waals surface area contributed by atoms with Crippen molar-refractivity contribution < 1.29 is 4.79 Å². The highest BCUT2D eigenvalue weighted by molar-refractivity contribution is 5.79. The lowest BCUT2D eigenvalue weighted by Crippen LogP contribution is -2.43. The zero-order chi connectivity index (χ0) is 14.3. The van der Waals surface area contributed by atoms with E-state index in [4.69, 9.17) is 0 Å². The number of nitrogens with zero attached hydrogens (tertiary/aromatic N) is 1. The van der Waals surface area contributed by atoms with E-state index < -0.39 is 0 Å². The van der Waals surface area contributed by atoms with Gasteiger partial charge in [0.15, 0.2) is 0 Å². The highest BCUT2D eigenvalue weighted by atomic mass is 16.2. The van der Waals surface area contributed by atoms with Crippen molar-refractivity contribution in [3.05, 3.63) is 24.3 Å². The third-order valence-corrected chi connectivity index (χ3v) is 6.75. The minimum absolute atomic E-state index is 0.328. The van der Waals surface area contributed by atoms with Gasteiger partial charge in [0.05, 0.1) is 0 Å². The Morgan fingerprint density at radius 3 is 1.76 bits per heavy atom. The SMILES string of the molecule is O=C(C1CCCCC1)N1CC23CC=CCC2(CC=CC3)C1. The molecule has 0 radical (unpaired) electrons. The maximum atomic E-state index is 13.0. The summed E-state index contributed by atoms with van der Waals surface area (Å²) >= 11 is 0. The molecule has 2 nitrogen and oxygen atoms in total. The summed E-state index contributed by atoms with van der Waals surface area (Å²) in [6.07, 6.45) is 20.3. The predicted molar refractivity (Wildman–Crippen MR) is 84.8 cm³/mol. The number of hydrogen-bond acceptors (Lipinski definition) is 1. The zero-order valence-corrected chi connectivity index (χ0v) is 13.0. The summed E-state index contributed by atoms with van der Waals surface area (Å²) < 4.78 is 0. The van der Waals surface area contributed by atoms with E-state index in [0.29, 0.717) is 22.7 Å². The normalized spacial score (nSPS) is 39.1. The third kappa shape index (κ3) is 2.02. The molecular formula is C19H27NO. The fourth-order valence-corrected chi connectivity index (χ4v) is 5.41. The van der Waals surface area contributed by atoms with E-state index in [1.807, 2.05) is 0 Å². The van der Waals surface area contributed by atoms with Gasteiger partial charge < -0.3 is 4.90 Å². The largest absolute Gasteiger partial charge is 0.341 e. The maximum Gasteiger partial charge on any atom is 0.225 e. The van der Waals surface area contributed by atoms with E-state index in [0.717, 1.165) is 25.9 Å². The number of allylic oxidation sites excluding steroid dienone is 4. The molecule has 0 aromatic heterocycles. The first-order chi connectivity index (χ1) is 10.2. The van der Waals surface area contributed by atoms with Crippen molar-refractivity contribution >= 4 is 5.91 Å². The van der Waals surface area contributed by atoms with Crippen LogP contribution in [0.25, 0.3) is 0 Å². The Morgan fingerprint density at radius 1 is 0.810 bits per heavy atom. The van der Waals surface area contributed by atoms with E-state index in [2.05, 4.69) is 29.2 Å². The predicted octanol–water partition coefficient (Wildman–Crippen LogP) is 4.08. The summed E-state index contributed by atoms with van der Waals surface area (Å²) in [4.78, 5) is 15.2. The van der Waals surface area contributed by atoms with Crippen molar-refractivity contribution in [3.63, 3.8) is 0 Å². The third-order valence-electron chi connectivity index (χ3n) is 6.75. The van der Waals surface area contributed by atoms with Gasteiger partial charge in [0.1, 0.15) is 0 Å². The van der Waals surface area contributed by atoms with Crippen LogP contribution in [0.1, 0.15) is 57.8 Å². The number of carbonyl (C=O) groups is 1. The molecule has 1 heterocycles. The molecule has 0 spiro atoms. The molecular weight excluding hydrogens is 258 g/mol. The van der Waals surface area contributed by atoms with Crippen LogP contribution in [0.4, 0.5) is 0 Å². The van der Waals surface area contributed by atoms with Crippen LogP contribution in [0.2, 0.25) is 0 Å². The molecule has 1 amide bonds. The number of rotatable bonds is 1. The van der Waals surface area contributed by atoms with Gasteiger partial charge >= 0.3 is 0 Å². The number of carbonyl (C=O) groups excluding carboxylic acids is 1. The van der Waals surface area contributed by atoms with Crippen molar-refractivity contribution in [3.8, 4) is 0 Å². The summed E-state index contributed by atoms with van der Waals surface area (Å²) in [6, 6.07) is 0. The highest BCUT2D eigenvalue weighted by Gasteiger charge is 2.58. The van der Waals surface area contributed by atoms with Crippen LogP contribution in [0.15, 0.2) is 24.3 Å². The minimum Gasteiger partial charge on any atom is -0.341 e. The van der Waals surface area contributed by atoms with Crippen LogP contribution < -0.4 is 0 Å². The molecule has 21 heavy (non-hydrogen) atoms. The van der Waals surface area contributed by atoms with E-state index in [9.17, 15) is 4.79 Å². The fourth-order valence-electron chi connectivity index (χ4n) is 5.41. The Bertz CT molecular complexity index is 438. The second-order valence-corrected chi connectivity index (χ2v) is 7.85. The van der Waals surface area contributed by atoms with Crippen molar-refractivity contribution in [2.45, 2.75) is 57.8 Å². The molecule has 4 rings (SSSR count). The minimum atomic E-state index is 0.328. The van der Waals surface area contributed by atoms with Gasteiger partial charge in [-0.3, -0.25) is 4.79 Å². The second kappa shape index (κ2) is 5.00. The van der Waals surface area contributed by atoms with Gasteiger partial charge in [0, 0.05) is 29.8 Å². The van der Waals surface area contributed by atoms with Crippen molar-refractivity contribution in [2.75, 3.05) is 13.1 Å². The van der Waals surface area contributed by atoms with Crippen molar-refractivity contribution in [1.82, 2.24) is 4.90 Å². The lowest BCUT2D eigenvalue weighted by atomic mass is 9.55. The molecule has 1 saturated heterocycles. The van der Waals surface area contributed by atoms with Crippen LogP contribution in [0.5, 0.6) is 0 Å². The molecule has 114 valence electrons. The number of likely N-dealkylation sites (tertiary alicyclic amines) is 1. The molecule has 2 fully saturated rings. The molecule has 0 aromatic carbocycles. The molecule has 0 unspecified atom stereocenters. The Morgan fingerprint density at radius 2 is 1.29 bits per heavy atom. The Hall–Kier alpha value is -1.05. The standard InChI is InChI=1S/C19H27NO/c21-17(16-8-2-1-3-9-16)20-14-18-10-4-5-11-19(18,15-20)13-7-6-12-18/h4-7,16H,1-3,8-15H2. The van der Waals surface area contributed by atoms with Gasteiger partial charge in [0.25, 0.3) is 0 Å². The van der Waals surface area contributed by atoms with Crippen LogP contribution in [0.3, 0.4) is 0 Å². The lowest BCUT2D eigenvalue weighted by Gasteiger charge is -2.47.